The standard InChI is InChI=1S/C24H21N3OS/c28-23(25-16-15-18-7-3-1-4-8-18)27-24-26-22(17-29-24)21-13-11-20(12-14-21)19-9-5-2-6-10-19/h1-14,17H,15-16H2,(H2,25,26,27,28). The number of carbonyl (C=O) groups is 1. The van der Waals surface area contributed by atoms with Crippen molar-refractivity contribution in [2.75, 3.05) is 11.9 Å². The number of anilines is 1. The van der Waals surface area contributed by atoms with E-state index < -0.39 is 0 Å². The Hall–Kier alpha value is -3.44. The minimum Gasteiger partial charge on any atom is -0.337 e. The molecule has 4 aromatic rings. The lowest BCUT2D eigenvalue weighted by Gasteiger charge is -2.05. The SMILES string of the molecule is O=C(NCCc1ccccc1)Nc1nc(-c2ccc(-c3ccccc3)cc2)cs1. The Morgan fingerprint density at radius 1 is 0.793 bits per heavy atom. The number of benzene rings is 3. The minimum absolute atomic E-state index is 0.235. The molecule has 0 fully saturated rings. The largest absolute Gasteiger partial charge is 0.337 e. The second-order valence-corrected chi connectivity index (χ2v) is 7.46. The Kier molecular flexibility index (Phi) is 5.98. The van der Waals surface area contributed by atoms with Gasteiger partial charge in [0.2, 0.25) is 0 Å². The van der Waals surface area contributed by atoms with Gasteiger partial charge < -0.3 is 5.32 Å². The molecule has 0 aliphatic carbocycles. The highest BCUT2D eigenvalue weighted by Gasteiger charge is 2.08. The van der Waals surface area contributed by atoms with Crippen LogP contribution in [0.4, 0.5) is 9.93 Å². The van der Waals surface area contributed by atoms with E-state index in [1.54, 1.807) is 0 Å². The molecule has 0 saturated carbocycles. The number of rotatable bonds is 6. The van der Waals surface area contributed by atoms with E-state index in [2.05, 4.69) is 64.1 Å². The number of nitrogens with one attached hydrogen (secondary N) is 2. The lowest BCUT2D eigenvalue weighted by molar-refractivity contribution is 0.252. The average molecular weight is 400 g/mol. The molecule has 0 unspecified atom stereocenters. The molecule has 3 aromatic carbocycles. The first kappa shape index (κ1) is 18.9. The van der Waals surface area contributed by atoms with Crippen molar-refractivity contribution in [3.63, 3.8) is 0 Å². The monoisotopic (exact) mass is 399 g/mol. The maximum atomic E-state index is 12.1. The number of hydrogen-bond donors (Lipinski definition) is 2. The highest BCUT2D eigenvalue weighted by molar-refractivity contribution is 7.14. The predicted molar refractivity (Wildman–Crippen MR) is 120 cm³/mol. The van der Waals surface area contributed by atoms with Crippen LogP contribution < -0.4 is 10.6 Å². The lowest BCUT2D eigenvalue weighted by atomic mass is 10.0. The first-order chi connectivity index (χ1) is 14.3. The summed E-state index contributed by atoms with van der Waals surface area (Å²) in [6.45, 7) is 0.578. The van der Waals surface area contributed by atoms with E-state index in [0.29, 0.717) is 11.7 Å². The van der Waals surface area contributed by atoms with E-state index in [9.17, 15) is 4.79 Å². The number of hydrogen-bond acceptors (Lipinski definition) is 3. The Morgan fingerprint density at radius 3 is 2.14 bits per heavy atom. The molecule has 29 heavy (non-hydrogen) atoms. The van der Waals surface area contributed by atoms with Gasteiger partial charge in [-0.2, -0.15) is 0 Å². The van der Waals surface area contributed by atoms with Crippen molar-refractivity contribution < 1.29 is 4.79 Å². The fourth-order valence-electron chi connectivity index (χ4n) is 3.03. The van der Waals surface area contributed by atoms with Crippen LogP contribution in [0.1, 0.15) is 5.56 Å². The molecule has 0 spiro atoms. The van der Waals surface area contributed by atoms with Crippen LogP contribution in [0.25, 0.3) is 22.4 Å². The molecule has 4 rings (SSSR count). The average Bonchev–Trinajstić information content (AvgIpc) is 3.23. The summed E-state index contributed by atoms with van der Waals surface area (Å²) in [7, 11) is 0. The van der Waals surface area contributed by atoms with E-state index >= 15 is 0 Å². The summed E-state index contributed by atoms with van der Waals surface area (Å²) in [5.74, 6) is 0. The molecule has 0 bridgehead atoms. The summed E-state index contributed by atoms with van der Waals surface area (Å²) in [6, 6.07) is 28.4. The number of aromatic nitrogens is 1. The quantitative estimate of drug-likeness (QED) is 0.428. The Bertz CT molecular complexity index is 1060. The van der Waals surface area contributed by atoms with Gasteiger partial charge in [-0.15, -0.1) is 11.3 Å². The van der Waals surface area contributed by atoms with E-state index in [-0.39, 0.29) is 6.03 Å². The molecular formula is C24H21N3OS. The maximum absolute atomic E-state index is 12.1. The number of urea groups is 1. The van der Waals surface area contributed by atoms with E-state index in [1.807, 2.05) is 41.8 Å². The van der Waals surface area contributed by atoms with Crippen molar-refractivity contribution in [2.24, 2.45) is 0 Å². The van der Waals surface area contributed by atoms with Crippen LogP contribution in [0.5, 0.6) is 0 Å². The molecule has 1 heterocycles. The first-order valence-electron chi connectivity index (χ1n) is 9.48. The van der Waals surface area contributed by atoms with E-state index in [4.69, 9.17) is 0 Å². The summed E-state index contributed by atoms with van der Waals surface area (Å²) in [5.41, 5.74) is 5.43. The van der Waals surface area contributed by atoms with Crippen LogP contribution in [-0.4, -0.2) is 17.6 Å². The summed E-state index contributed by atoms with van der Waals surface area (Å²) >= 11 is 1.42. The van der Waals surface area contributed by atoms with Crippen molar-refractivity contribution in [2.45, 2.75) is 6.42 Å². The molecule has 0 radical (unpaired) electrons. The third kappa shape index (κ3) is 5.09. The Morgan fingerprint density at radius 2 is 1.41 bits per heavy atom. The van der Waals surface area contributed by atoms with Crippen LogP contribution in [-0.2, 0) is 6.42 Å². The highest BCUT2D eigenvalue weighted by atomic mass is 32.1. The van der Waals surface area contributed by atoms with Crippen LogP contribution in [0, 0.1) is 0 Å². The maximum Gasteiger partial charge on any atom is 0.321 e. The second-order valence-electron chi connectivity index (χ2n) is 6.60. The zero-order valence-electron chi connectivity index (χ0n) is 15.8. The fraction of sp³-hybridized carbons (Fsp3) is 0.0833. The van der Waals surface area contributed by atoms with Crippen LogP contribution in [0.3, 0.4) is 0 Å². The molecule has 2 N–H and O–H groups in total. The number of thiazole rings is 1. The van der Waals surface area contributed by atoms with Gasteiger partial charge in [0.1, 0.15) is 0 Å². The third-order valence-electron chi connectivity index (χ3n) is 4.55. The summed E-state index contributed by atoms with van der Waals surface area (Å²) in [4.78, 5) is 16.6. The van der Waals surface area contributed by atoms with E-state index in [0.717, 1.165) is 17.7 Å². The molecular weight excluding hydrogens is 378 g/mol. The molecule has 5 heteroatoms. The van der Waals surface area contributed by atoms with Crippen molar-refractivity contribution in [1.82, 2.24) is 10.3 Å². The van der Waals surface area contributed by atoms with Gasteiger partial charge in [-0.1, -0.05) is 84.9 Å². The lowest BCUT2D eigenvalue weighted by Crippen LogP contribution is -2.30. The normalized spacial score (nSPS) is 10.5. The van der Waals surface area contributed by atoms with Gasteiger partial charge in [0.05, 0.1) is 5.69 Å². The van der Waals surface area contributed by atoms with Gasteiger partial charge in [0.25, 0.3) is 0 Å². The first-order valence-corrected chi connectivity index (χ1v) is 10.4. The smallest absolute Gasteiger partial charge is 0.321 e. The van der Waals surface area contributed by atoms with Gasteiger partial charge in [-0.3, -0.25) is 5.32 Å². The van der Waals surface area contributed by atoms with E-state index in [1.165, 1.54) is 28.0 Å². The molecule has 4 nitrogen and oxygen atoms in total. The fourth-order valence-corrected chi connectivity index (χ4v) is 3.75. The molecule has 1 aromatic heterocycles. The van der Waals surface area contributed by atoms with Crippen molar-refractivity contribution in [1.29, 1.82) is 0 Å². The summed E-state index contributed by atoms with van der Waals surface area (Å²) in [5, 5.41) is 8.23. The van der Waals surface area contributed by atoms with Crippen LogP contribution in [0.2, 0.25) is 0 Å². The molecule has 2 amide bonds. The summed E-state index contributed by atoms with van der Waals surface area (Å²) in [6.07, 6.45) is 0.797. The third-order valence-corrected chi connectivity index (χ3v) is 5.31. The second kappa shape index (κ2) is 9.17. The number of amides is 2. The molecule has 144 valence electrons. The summed E-state index contributed by atoms with van der Waals surface area (Å²) < 4.78 is 0. The molecule has 0 aliphatic rings. The molecule has 0 saturated heterocycles. The Balaban J connectivity index is 1.32. The van der Waals surface area contributed by atoms with Crippen molar-refractivity contribution >= 4 is 22.5 Å². The van der Waals surface area contributed by atoms with Crippen LogP contribution in [0.15, 0.2) is 90.3 Å². The topological polar surface area (TPSA) is 54.0 Å². The zero-order valence-corrected chi connectivity index (χ0v) is 16.7. The van der Waals surface area contributed by atoms with Gasteiger partial charge in [0, 0.05) is 17.5 Å². The zero-order chi connectivity index (χ0) is 19.9. The Labute approximate surface area is 174 Å². The molecule has 0 atom stereocenters. The predicted octanol–water partition coefficient (Wildman–Crippen LogP) is 5.84. The van der Waals surface area contributed by atoms with Gasteiger partial charge in [0.15, 0.2) is 5.13 Å². The van der Waals surface area contributed by atoms with Crippen molar-refractivity contribution in [3.05, 3.63) is 95.9 Å². The minimum atomic E-state index is -0.235. The van der Waals surface area contributed by atoms with Crippen LogP contribution >= 0.6 is 11.3 Å². The van der Waals surface area contributed by atoms with Gasteiger partial charge in [-0.25, -0.2) is 9.78 Å². The number of carbonyl (C=O) groups excluding carboxylic acids is 1. The highest BCUT2D eigenvalue weighted by Crippen LogP contribution is 2.27. The molecule has 0 aliphatic heterocycles. The van der Waals surface area contributed by atoms with Gasteiger partial charge in [-0.05, 0) is 23.1 Å². The number of nitrogens with zero attached hydrogens (tertiary/aromatic N) is 1. The van der Waals surface area contributed by atoms with Crippen molar-refractivity contribution in [3.8, 4) is 22.4 Å². The van der Waals surface area contributed by atoms with Gasteiger partial charge >= 0.3 is 6.03 Å².